The summed E-state index contributed by atoms with van der Waals surface area (Å²) in [5, 5.41) is 6.30. The molecule has 0 aliphatic rings. The number of hydrogen-bond donors (Lipinski definition) is 2. The normalized spacial score (nSPS) is 12.6. The van der Waals surface area contributed by atoms with Crippen molar-refractivity contribution < 1.29 is 22.7 Å². The Balaban J connectivity index is 1.92. The van der Waals surface area contributed by atoms with Crippen molar-refractivity contribution in [3.05, 3.63) is 46.7 Å². The van der Waals surface area contributed by atoms with E-state index < -0.39 is 28.0 Å². The molecular weight excluding hydrogens is 388 g/mol. The molecule has 1 aromatic carbocycles. The minimum atomic E-state index is -3.59. The van der Waals surface area contributed by atoms with E-state index in [1.54, 1.807) is 13.8 Å². The number of hydrogen-bond acceptors (Lipinski definition) is 6. The molecule has 2 N–H and O–H groups in total. The summed E-state index contributed by atoms with van der Waals surface area (Å²) in [6, 6.07) is 7.35. The molecule has 2 aromatic rings. The van der Waals surface area contributed by atoms with E-state index in [0.717, 1.165) is 5.56 Å². The van der Waals surface area contributed by atoms with E-state index in [9.17, 15) is 18.0 Å². The van der Waals surface area contributed by atoms with Crippen LogP contribution in [-0.2, 0) is 30.8 Å². The quantitative estimate of drug-likeness (QED) is 0.651. The number of anilines is 1. The van der Waals surface area contributed by atoms with E-state index in [1.807, 2.05) is 16.8 Å². The fraction of sp³-hybridized carbons (Fsp3) is 0.333. The molecule has 0 radical (unpaired) electrons. The number of thiophene rings is 1. The van der Waals surface area contributed by atoms with Crippen molar-refractivity contribution >= 4 is 38.9 Å². The molecule has 0 saturated heterocycles. The second-order valence-electron chi connectivity index (χ2n) is 6.23. The van der Waals surface area contributed by atoms with Gasteiger partial charge in [-0.25, -0.2) is 13.1 Å². The van der Waals surface area contributed by atoms with E-state index in [1.165, 1.54) is 42.5 Å². The van der Waals surface area contributed by atoms with Crippen LogP contribution >= 0.6 is 11.3 Å². The average molecular weight is 411 g/mol. The summed E-state index contributed by atoms with van der Waals surface area (Å²) in [5.74, 6) is -0.984. The van der Waals surface area contributed by atoms with Gasteiger partial charge in [0.25, 0.3) is 5.91 Å². The third kappa shape index (κ3) is 6.46. The highest BCUT2D eigenvalue weighted by molar-refractivity contribution is 7.89. The molecule has 0 aliphatic carbocycles. The number of benzene rings is 1. The smallest absolute Gasteiger partial charge is 0.311 e. The van der Waals surface area contributed by atoms with Gasteiger partial charge in [-0.1, -0.05) is 0 Å². The number of nitrogens with one attached hydrogen (secondary N) is 2. The van der Waals surface area contributed by atoms with E-state index in [0.29, 0.717) is 5.69 Å². The van der Waals surface area contributed by atoms with E-state index in [2.05, 4.69) is 10.0 Å². The summed E-state index contributed by atoms with van der Waals surface area (Å²) in [4.78, 5) is 24.1. The van der Waals surface area contributed by atoms with E-state index in [-0.39, 0.29) is 17.4 Å². The van der Waals surface area contributed by atoms with Gasteiger partial charge in [0.15, 0.2) is 6.10 Å². The van der Waals surface area contributed by atoms with Gasteiger partial charge >= 0.3 is 5.97 Å². The molecule has 146 valence electrons. The molecular formula is C18H22N2O5S2. The van der Waals surface area contributed by atoms with Gasteiger partial charge in [-0.2, -0.15) is 11.3 Å². The number of sulfonamides is 1. The number of carbonyl (C=O) groups is 2. The third-order valence-electron chi connectivity index (χ3n) is 3.43. The van der Waals surface area contributed by atoms with Gasteiger partial charge in [0.05, 0.1) is 11.3 Å². The van der Waals surface area contributed by atoms with Crippen LogP contribution in [-0.4, -0.2) is 32.4 Å². The predicted octanol–water partition coefficient (Wildman–Crippen LogP) is 2.55. The van der Waals surface area contributed by atoms with Crippen molar-refractivity contribution in [3.8, 4) is 0 Å². The van der Waals surface area contributed by atoms with Crippen molar-refractivity contribution in [2.45, 2.75) is 44.2 Å². The average Bonchev–Trinajstić information content (AvgIpc) is 3.06. The summed E-state index contributed by atoms with van der Waals surface area (Å²) in [6.07, 6.45) is -0.863. The summed E-state index contributed by atoms with van der Waals surface area (Å²) in [7, 11) is -3.59. The number of rotatable bonds is 8. The van der Waals surface area contributed by atoms with Gasteiger partial charge < -0.3 is 10.1 Å². The van der Waals surface area contributed by atoms with Crippen LogP contribution in [0.5, 0.6) is 0 Å². The number of ether oxygens (including phenoxy) is 1. The highest BCUT2D eigenvalue weighted by atomic mass is 32.2. The van der Waals surface area contributed by atoms with Crippen LogP contribution in [0.3, 0.4) is 0 Å². The highest BCUT2D eigenvalue weighted by Gasteiger charge is 2.19. The fourth-order valence-corrected chi connectivity index (χ4v) is 4.11. The molecule has 1 amide bonds. The van der Waals surface area contributed by atoms with Crippen LogP contribution in [0.25, 0.3) is 0 Å². The van der Waals surface area contributed by atoms with E-state index >= 15 is 0 Å². The zero-order valence-corrected chi connectivity index (χ0v) is 16.9. The lowest BCUT2D eigenvalue weighted by molar-refractivity contribution is -0.152. The van der Waals surface area contributed by atoms with Crippen molar-refractivity contribution in [2.24, 2.45) is 0 Å². The molecule has 1 aromatic heterocycles. The minimum absolute atomic E-state index is 0.101. The second kappa shape index (κ2) is 9.12. The molecule has 0 fully saturated rings. The Morgan fingerprint density at radius 1 is 1.11 bits per heavy atom. The molecule has 2 rings (SSSR count). The van der Waals surface area contributed by atoms with Gasteiger partial charge in [-0.15, -0.1) is 0 Å². The molecule has 0 bridgehead atoms. The second-order valence-corrected chi connectivity index (χ2v) is 8.72. The molecule has 0 saturated carbocycles. The maximum atomic E-state index is 12.2. The van der Waals surface area contributed by atoms with Crippen molar-refractivity contribution in [1.29, 1.82) is 0 Å². The lowest BCUT2D eigenvalue weighted by Gasteiger charge is -2.14. The summed E-state index contributed by atoms with van der Waals surface area (Å²) < 4.78 is 31.8. The molecule has 9 heteroatoms. The van der Waals surface area contributed by atoms with Crippen LogP contribution in [0.2, 0.25) is 0 Å². The van der Waals surface area contributed by atoms with E-state index in [4.69, 9.17) is 4.74 Å². The Bertz CT molecular complexity index is 875. The zero-order chi connectivity index (χ0) is 20.0. The fourth-order valence-electron chi connectivity index (χ4n) is 2.19. The van der Waals surface area contributed by atoms with Gasteiger partial charge in [0, 0.05) is 11.7 Å². The number of amides is 1. The Kier molecular flexibility index (Phi) is 7.11. The van der Waals surface area contributed by atoms with Crippen molar-refractivity contribution in [3.63, 3.8) is 0 Å². The Morgan fingerprint density at radius 3 is 2.33 bits per heavy atom. The first-order valence-electron chi connectivity index (χ1n) is 8.31. The first-order valence-corrected chi connectivity index (χ1v) is 10.7. The van der Waals surface area contributed by atoms with Gasteiger partial charge in [0.2, 0.25) is 10.0 Å². The maximum Gasteiger partial charge on any atom is 0.311 e. The third-order valence-corrected chi connectivity index (χ3v) is 5.84. The predicted molar refractivity (Wildman–Crippen MR) is 104 cm³/mol. The van der Waals surface area contributed by atoms with Gasteiger partial charge in [-0.3, -0.25) is 9.59 Å². The summed E-state index contributed by atoms with van der Waals surface area (Å²) >= 11 is 1.48. The Hall–Kier alpha value is -2.23. The minimum Gasteiger partial charge on any atom is -0.452 e. The highest BCUT2D eigenvalue weighted by Crippen LogP contribution is 2.15. The SMILES string of the molecule is CC(C)NS(=O)(=O)c1ccc(NC(=O)[C@@H](C)OC(=O)Cc2ccsc2)cc1. The van der Waals surface area contributed by atoms with Gasteiger partial charge in [0.1, 0.15) is 0 Å². The largest absolute Gasteiger partial charge is 0.452 e. The van der Waals surface area contributed by atoms with Crippen LogP contribution in [0.4, 0.5) is 5.69 Å². The number of esters is 1. The first kappa shape index (κ1) is 21.1. The lowest BCUT2D eigenvalue weighted by Crippen LogP contribution is -2.31. The van der Waals surface area contributed by atoms with Crippen LogP contribution in [0.15, 0.2) is 46.0 Å². The van der Waals surface area contributed by atoms with Crippen LogP contribution in [0.1, 0.15) is 26.3 Å². The molecule has 0 spiro atoms. The summed E-state index contributed by atoms with van der Waals surface area (Å²) in [6.45, 7) is 4.94. The van der Waals surface area contributed by atoms with Crippen molar-refractivity contribution in [1.82, 2.24) is 4.72 Å². The van der Waals surface area contributed by atoms with Crippen LogP contribution < -0.4 is 10.0 Å². The number of carbonyl (C=O) groups excluding carboxylic acids is 2. The van der Waals surface area contributed by atoms with Crippen LogP contribution in [0, 0.1) is 0 Å². The van der Waals surface area contributed by atoms with Gasteiger partial charge in [-0.05, 0) is 67.4 Å². The summed E-state index contributed by atoms with van der Waals surface area (Å²) in [5.41, 5.74) is 1.24. The topological polar surface area (TPSA) is 102 Å². The standard InChI is InChI=1S/C18H22N2O5S2/c1-12(2)20-27(23,24)16-6-4-15(5-7-16)19-18(22)13(3)25-17(21)10-14-8-9-26-11-14/h4-9,11-13,20H,10H2,1-3H3,(H,19,22)/t13-/m1/s1. The Labute approximate surface area is 162 Å². The molecule has 1 heterocycles. The maximum absolute atomic E-state index is 12.2. The monoisotopic (exact) mass is 410 g/mol. The molecule has 27 heavy (non-hydrogen) atoms. The zero-order valence-electron chi connectivity index (χ0n) is 15.3. The molecule has 1 atom stereocenters. The molecule has 7 nitrogen and oxygen atoms in total. The molecule has 0 unspecified atom stereocenters. The molecule has 0 aliphatic heterocycles. The Morgan fingerprint density at radius 2 is 1.78 bits per heavy atom. The van der Waals surface area contributed by atoms with Crippen molar-refractivity contribution in [2.75, 3.05) is 5.32 Å². The first-order chi connectivity index (χ1) is 12.7. The lowest BCUT2D eigenvalue weighted by atomic mass is 10.2.